The normalized spacial score (nSPS) is 12.4. The highest BCUT2D eigenvalue weighted by Crippen LogP contribution is 2.23. The van der Waals surface area contributed by atoms with E-state index in [9.17, 15) is 9.59 Å². The van der Waals surface area contributed by atoms with Crippen LogP contribution in [0.3, 0.4) is 0 Å². The zero-order chi connectivity index (χ0) is 16.3. The minimum atomic E-state index is -0.667. The Bertz CT molecular complexity index is 694. The summed E-state index contributed by atoms with van der Waals surface area (Å²) >= 11 is 6.09. The van der Waals surface area contributed by atoms with Crippen LogP contribution in [0.15, 0.2) is 24.3 Å². The molecule has 0 radical (unpaired) electrons. The van der Waals surface area contributed by atoms with Crippen molar-refractivity contribution < 1.29 is 14.3 Å². The van der Waals surface area contributed by atoms with Crippen LogP contribution in [0.5, 0.6) is 0 Å². The van der Waals surface area contributed by atoms with E-state index in [0.717, 1.165) is 5.39 Å². The first kappa shape index (κ1) is 16.4. The molecule has 2 rings (SSSR count). The van der Waals surface area contributed by atoms with Crippen molar-refractivity contribution >= 4 is 34.4 Å². The van der Waals surface area contributed by atoms with Gasteiger partial charge >= 0.3 is 5.97 Å². The van der Waals surface area contributed by atoms with E-state index in [4.69, 9.17) is 16.3 Å². The molecular weight excluding hydrogens is 304 g/mol. The first-order chi connectivity index (χ1) is 10.4. The van der Waals surface area contributed by atoms with E-state index in [2.05, 4.69) is 10.3 Å². The molecule has 0 aliphatic heterocycles. The summed E-state index contributed by atoms with van der Waals surface area (Å²) in [4.78, 5) is 27.1. The monoisotopic (exact) mass is 322 g/mol. The second kappa shape index (κ2) is 6.83. The molecule has 5 nitrogen and oxygen atoms in total. The number of hydrogen-bond acceptors (Lipinski definition) is 3. The van der Waals surface area contributed by atoms with Crippen molar-refractivity contribution in [2.75, 3.05) is 7.11 Å². The van der Waals surface area contributed by atoms with Gasteiger partial charge in [-0.2, -0.15) is 0 Å². The number of rotatable bonds is 5. The number of ether oxygens (including phenoxy) is 1. The van der Waals surface area contributed by atoms with Gasteiger partial charge in [0.1, 0.15) is 11.7 Å². The van der Waals surface area contributed by atoms with Crippen molar-refractivity contribution in [1.82, 2.24) is 10.3 Å². The van der Waals surface area contributed by atoms with E-state index in [1.807, 2.05) is 26.0 Å². The Hall–Kier alpha value is -2.01. The molecule has 1 aromatic carbocycles. The Morgan fingerprint density at radius 3 is 2.68 bits per heavy atom. The summed E-state index contributed by atoms with van der Waals surface area (Å²) in [6.45, 7) is 3.95. The van der Waals surface area contributed by atoms with Crippen molar-refractivity contribution in [1.29, 1.82) is 0 Å². The first-order valence-electron chi connectivity index (χ1n) is 7.08. The summed E-state index contributed by atoms with van der Waals surface area (Å²) in [5, 5.41) is 4.10. The number of para-hydroxylation sites is 1. The summed E-state index contributed by atoms with van der Waals surface area (Å²) in [5.74, 6) is -0.555. The van der Waals surface area contributed by atoms with Gasteiger partial charge in [-0.15, -0.1) is 0 Å². The maximum absolute atomic E-state index is 12.3. The van der Waals surface area contributed by atoms with E-state index in [1.165, 1.54) is 7.11 Å². The smallest absolute Gasteiger partial charge is 0.328 e. The molecule has 2 N–H and O–H groups in total. The van der Waals surface area contributed by atoms with E-state index in [1.54, 1.807) is 12.1 Å². The van der Waals surface area contributed by atoms with Crippen LogP contribution < -0.4 is 5.32 Å². The summed E-state index contributed by atoms with van der Waals surface area (Å²) in [6.07, 6.45) is 0.513. The van der Waals surface area contributed by atoms with Crippen molar-refractivity contribution in [2.24, 2.45) is 5.92 Å². The summed E-state index contributed by atoms with van der Waals surface area (Å²) < 4.78 is 4.74. The van der Waals surface area contributed by atoms with E-state index >= 15 is 0 Å². The van der Waals surface area contributed by atoms with Crippen LogP contribution in [0.4, 0.5) is 0 Å². The number of carbonyl (C=O) groups excluding carboxylic acids is 2. The van der Waals surface area contributed by atoms with Crippen LogP contribution in [-0.2, 0) is 9.53 Å². The lowest BCUT2D eigenvalue weighted by molar-refractivity contribution is -0.143. The third-order valence-electron chi connectivity index (χ3n) is 3.35. The third kappa shape index (κ3) is 3.60. The van der Waals surface area contributed by atoms with Gasteiger partial charge in [-0.3, -0.25) is 4.79 Å². The Balaban J connectivity index is 2.21. The van der Waals surface area contributed by atoms with Crippen LogP contribution in [-0.4, -0.2) is 30.0 Å². The van der Waals surface area contributed by atoms with Crippen molar-refractivity contribution in [3.63, 3.8) is 0 Å². The molecule has 0 bridgehead atoms. The summed E-state index contributed by atoms with van der Waals surface area (Å²) in [5.41, 5.74) is 1.06. The zero-order valence-corrected chi connectivity index (χ0v) is 13.5. The minimum Gasteiger partial charge on any atom is -0.467 e. The fraction of sp³-hybridized carbons (Fsp3) is 0.375. The second-order valence-corrected chi connectivity index (χ2v) is 5.97. The highest BCUT2D eigenvalue weighted by molar-refractivity contribution is 6.35. The summed E-state index contributed by atoms with van der Waals surface area (Å²) in [6, 6.07) is 6.47. The average Bonchev–Trinajstić information content (AvgIpc) is 2.91. The quantitative estimate of drug-likeness (QED) is 0.831. The van der Waals surface area contributed by atoms with E-state index < -0.39 is 12.0 Å². The largest absolute Gasteiger partial charge is 0.467 e. The molecule has 1 atom stereocenters. The molecule has 1 aromatic heterocycles. The zero-order valence-electron chi connectivity index (χ0n) is 12.8. The number of nitrogens with one attached hydrogen (secondary N) is 2. The molecule has 0 saturated carbocycles. The predicted octanol–water partition coefficient (Wildman–Crippen LogP) is 3.14. The second-order valence-electron chi connectivity index (χ2n) is 5.57. The van der Waals surface area contributed by atoms with Gasteiger partial charge in [-0.05, 0) is 24.5 Å². The van der Waals surface area contributed by atoms with Gasteiger partial charge in [0.05, 0.1) is 17.6 Å². The van der Waals surface area contributed by atoms with Crippen molar-refractivity contribution in [2.45, 2.75) is 26.3 Å². The number of carbonyl (C=O) groups is 2. The van der Waals surface area contributed by atoms with E-state index in [-0.39, 0.29) is 11.8 Å². The number of benzene rings is 1. The molecule has 0 aliphatic rings. The van der Waals surface area contributed by atoms with Gasteiger partial charge < -0.3 is 15.0 Å². The van der Waals surface area contributed by atoms with Crippen LogP contribution in [0, 0.1) is 5.92 Å². The number of esters is 1. The predicted molar refractivity (Wildman–Crippen MR) is 86.0 cm³/mol. The van der Waals surface area contributed by atoms with Gasteiger partial charge in [0.2, 0.25) is 0 Å². The minimum absolute atomic E-state index is 0.251. The third-order valence-corrected chi connectivity index (χ3v) is 3.66. The molecule has 0 spiro atoms. The number of H-pyrrole nitrogens is 1. The maximum atomic E-state index is 12.3. The standard InChI is InChI=1S/C16H19ClN2O3/c1-9(2)7-13(16(21)22-3)19-15(20)12-8-10-5-4-6-11(17)14(10)18-12/h4-6,8-9,13,18H,7H2,1-3H3,(H,19,20). The lowest BCUT2D eigenvalue weighted by Gasteiger charge is -2.17. The number of aromatic amines is 1. The highest BCUT2D eigenvalue weighted by Gasteiger charge is 2.24. The first-order valence-corrected chi connectivity index (χ1v) is 7.46. The van der Waals surface area contributed by atoms with Gasteiger partial charge in [0.15, 0.2) is 0 Å². The van der Waals surface area contributed by atoms with E-state index in [0.29, 0.717) is 22.7 Å². The molecule has 1 unspecified atom stereocenters. The lowest BCUT2D eigenvalue weighted by Crippen LogP contribution is -2.42. The van der Waals surface area contributed by atoms with Gasteiger partial charge in [0.25, 0.3) is 5.91 Å². The van der Waals surface area contributed by atoms with Crippen LogP contribution in [0.25, 0.3) is 10.9 Å². The number of halogens is 1. The lowest BCUT2D eigenvalue weighted by atomic mass is 10.0. The Morgan fingerprint density at radius 1 is 1.36 bits per heavy atom. The van der Waals surface area contributed by atoms with Gasteiger partial charge in [0, 0.05) is 5.39 Å². The molecule has 1 heterocycles. The number of hydrogen-bond donors (Lipinski definition) is 2. The average molecular weight is 323 g/mol. The molecule has 0 aliphatic carbocycles. The van der Waals surface area contributed by atoms with Crippen LogP contribution in [0.2, 0.25) is 5.02 Å². The number of amides is 1. The molecule has 0 saturated heterocycles. The van der Waals surface area contributed by atoms with Crippen LogP contribution >= 0.6 is 11.6 Å². The Labute approximate surface area is 134 Å². The molecule has 6 heteroatoms. The Kier molecular flexibility index (Phi) is 5.08. The Morgan fingerprint density at radius 2 is 2.09 bits per heavy atom. The summed E-state index contributed by atoms with van der Waals surface area (Å²) in [7, 11) is 1.31. The fourth-order valence-corrected chi connectivity index (χ4v) is 2.53. The topological polar surface area (TPSA) is 71.2 Å². The van der Waals surface area contributed by atoms with Gasteiger partial charge in [-0.1, -0.05) is 37.6 Å². The van der Waals surface area contributed by atoms with Crippen LogP contribution in [0.1, 0.15) is 30.8 Å². The number of methoxy groups -OCH3 is 1. The molecule has 22 heavy (non-hydrogen) atoms. The molecule has 118 valence electrons. The maximum Gasteiger partial charge on any atom is 0.328 e. The number of fused-ring (bicyclic) bond motifs is 1. The number of aromatic nitrogens is 1. The fourth-order valence-electron chi connectivity index (χ4n) is 2.31. The highest BCUT2D eigenvalue weighted by atomic mass is 35.5. The molecule has 0 fully saturated rings. The van der Waals surface area contributed by atoms with Crippen molar-refractivity contribution in [3.05, 3.63) is 35.0 Å². The van der Waals surface area contributed by atoms with Gasteiger partial charge in [-0.25, -0.2) is 4.79 Å². The van der Waals surface area contributed by atoms with Crippen molar-refractivity contribution in [3.8, 4) is 0 Å². The molecular formula is C16H19ClN2O3. The SMILES string of the molecule is COC(=O)C(CC(C)C)NC(=O)c1cc2cccc(Cl)c2[nH]1. The molecule has 2 aromatic rings. The molecule has 1 amide bonds.